The monoisotopic (exact) mass is 645 g/mol. The fraction of sp³-hybridized carbons (Fsp3) is 0.0968. The van der Waals surface area contributed by atoms with Crippen LogP contribution >= 0.6 is 31.9 Å². The molecule has 0 aliphatic carbocycles. The molecule has 1 heterocycles. The number of halogens is 2. The van der Waals surface area contributed by atoms with E-state index >= 15 is 0 Å². The van der Waals surface area contributed by atoms with Gasteiger partial charge in [0.1, 0.15) is 12.4 Å². The van der Waals surface area contributed by atoms with E-state index in [0.717, 1.165) is 33.4 Å². The Morgan fingerprint density at radius 3 is 2.10 bits per heavy atom. The van der Waals surface area contributed by atoms with Gasteiger partial charge in [0, 0.05) is 38.1 Å². The summed E-state index contributed by atoms with van der Waals surface area (Å²) in [5.41, 5.74) is 5.05. The Morgan fingerprint density at radius 1 is 0.897 bits per heavy atom. The number of ether oxygens (including phenoxy) is 1. The first-order chi connectivity index (χ1) is 19.1. The van der Waals surface area contributed by atoms with Crippen molar-refractivity contribution >= 4 is 73.0 Å². The van der Waals surface area contributed by atoms with Crippen molar-refractivity contribution in [3.63, 3.8) is 0 Å². The molecule has 1 aliphatic heterocycles. The van der Waals surface area contributed by atoms with Crippen LogP contribution in [0.25, 0.3) is 6.08 Å². The van der Waals surface area contributed by atoms with Crippen LogP contribution < -0.4 is 4.90 Å². The number of benzene rings is 4. The SMILES string of the molecule is CCN1OC/C(=C\c2ccc(N(c3ccccc3)c3ccccc3)cc2)O/C1=N/c1c(Br)cc(Br)cc1C=O. The molecule has 0 bridgehead atoms. The highest BCUT2D eigenvalue weighted by atomic mass is 79.9. The van der Waals surface area contributed by atoms with Gasteiger partial charge in [-0.1, -0.05) is 64.5 Å². The van der Waals surface area contributed by atoms with E-state index in [1.807, 2.05) is 67.6 Å². The van der Waals surface area contributed by atoms with Crippen LogP contribution in [-0.2, 0) is 9.57 Å². The number of para-hydroxylation sites is 2. The van der Waals surface area contributed by atoms with Gasteiger partial charge in [-0.3, -0.25) is 9.63 Å². The fourth-order valence-electron chi connectivity index (χ4n) is 4.17. The minimum Gasteiger partial charge on any atom is -0.426 e. The minimum absolute atomic E-state index is 0.261. The molecule has 0 atom stereocenters. The van der Waals surface area contributed by atoms with Crippen LogP contribution in [0.2, 0.25) is 0 Å². The van der Waals surface area contributed by atoms with E-state index in [-0.39, 0.29) is 12.6 Å². The largest absolute Gasteiger partial charge is 0.426 e. The van der Waals surface area contributed by atoms with Crippen molar-refractivity contribution in [1.82, 2.24) is 5.06 Å². The smallest absolute Gasteiger partial charge is 0.322 e. The van der Waals surface area contributed by atoms with E-state index in [0.29, 0.717) is 28.0 Å². The summed E-state index contributed by atoms with van der Waals surface area (Å²) in [6.45, 7) is 2.73. The summed E-state index contributed by atoms with van der Waals surface area (Å²) in [5, 5.41) is 1.57. The first kappa shape index (κ1) is 26.9. The standard InChI is InChI=1S/C31H25Br2N3O3/c1-2-35-31(34-30-23(20-37)18-24(32)19-29(30)33)39-28(21-38-35)17-22-13-15-27(16-14-22)36(25-9-5-3-6-10-25)26-11-7-4-8-12-26/h3-20H,2,21H2,1H3/b28-17+,34-31+. The number of rotatable bonds is 7. The minimum atomic E-state index is 0.261. The first-order valence-electron chi connectivity index (χ1n) is 12.4. The van der Waals surface area contributed by atoms with Gasteiger partial charge in [0.05, 0.1) is 5.69 Å². The molecule has 0 aromatic heterocycles. The van der Waals surface area contributed by atoms with Crippen LogP contribution in [-0.4, -0.2) is 30.5 Å². The predicted octanol–water partition coefficient (Wildman–Crippen LogP) is 8.81. The summed E-state index contributed by atoms with van der Waals surface area (Å²) in [7, 11) is 0. The normalized spacial score (nSPS) is 15.3. The fourth-order valence-corrected chi connectivity index (χ4v) is 5.51. The first-order valence-corrected chi connectivity index (χ1v) is 14.0. The second kappa shape index (κ2) is 12.4. The lowest BCUT2D eigenvalue weighted by Crippen LogP contribution is -2.38. The summed E-state index contributed by atoms with van der Waals surface area (Å²) in [4.78, 5) is 24.4. The van der Waals surface area contributed by atoms with Crippen molar-refractivity contribution in [2.24, 2.45) is 4.99 Å². The molecule has 4 aromatic rings. The third kappa shape index (κ3) is 6.30. The maximum absolute atomic E-state index is 11.7. The Kier molecular flexibility index (Phi) is 8.56. The van der Waals surface area contributed by atoms with Crippen molar-refractivity contribution in [2.75, 3.05) is 18.1 Å². The van der Waals surface area contributed by atoms with Crippen LogP contribution in [0, 0.1) is 0 Å². The van der Waals surface area contributed by atoms with Gasteiger partial charge in [-0.05, 0) is 83.0 Å². The molecule has 0 radical (unpaired) electrons. The number of carbonyl (C=O) groups is 1. The highest BCUT2D eigenvalue weighted by Gasteiger charge is 2.23. The molecule has 0 unspecified atom stereocenters. The Hall–Kier alpha value is -3.72. The maximum Gasteiger partial charge on any atom is 0.322 e. The van der Waals surface area contributed by atoms with E-state index in [1.165, 1.54) is 0 Å². The summed E-state index contributed by atoms with van der Waals surface area (Å²) >= 11 is 6.91. The summed E-state index contributed by atoms with van der Waals surface area (Å²) in [5.74, 6) is 0.607. The lowest BCUT2D eigenvalue weighted by molar-refractivity contribution is -0.130. The van der Waals surface area contributed by atoms with E-state index in [2.05, 4.69) is 78.2 Å². The zero-order chi connectivity index (χ0) is 27.2. The number of hydroxylamine groups is 2. The summed E-state index contributed by atoms with van der Waals surface area (Å²) in [6, 6.07) is 32.6. The zero-order valence-electron chi connectivity index (χ0n) is 21.1. The Labute approximate surface area is 244 Å². The van der Waals surface area contributed by atoms with Crippen molar-refractivity contribution in [3.8, 4) is 0 Å². The van der Waals surface area contributed by atoms with Gasteiger partial charge in [0.15, 0.2) is 6.29 Å². The van der Waals surface area contributed by atoms with Crippen LogP contribution in [0.4, 0.5) is 22.7 Å². The third-order valence-electron chi connectivity index (χ3n) is 5.99. The quantitative estimate of drug-likeness (QED) is 0.188. The molecule has 1 fully saturated rings. The number of aldehydes is 1. The molecule has 1 saturated heterocycles. The highest BCUT2D eigenvalue weighted by Crippen LogP contribution is 2.35. The average Bonchev–Trinajstić information content (AvgIpc) is 2.97. The van der Waals surface area contributed by atoms with Gasteiger partial charge in [-0.15, -0.1) is 0 Å². The molecule has 0 N–H and O–H groups in total. The van der Waals surface area contributed by atoms with E-state index in [1.54, 1.807) is 11.1 Å². The molecule has 6 nitrogen and oxygen atoms in total. The Balaban J connectivity index is 1.43. The van der Waals surface area contributed by atoms with E-state index < -0.39 is 0 Å². The molecule has 196 valence electrons. The molecule has 0 saturated carbocycles. The number of carbonyl (C=O) groups excluding carboxylic acids is 1. The zero-order valence-corrected chi connectivity index (χ0v) is 24.3. The molecule has 8 heteroatoms. The molecule has 39 heavy (non-hydrogen) atoms. The van der Waals surface area contributed by atoms with Gasteiger partial charge in [0.25, 0.3) is 0 Å². The van der Waals surface area contributed by atoms with Gasteiger partial charge in [0.2, 0.25) is 0 Å². The second-order valence-electron chi connectivity index (χ2n) is 8.62. The summed E-state index contributed by atoms with van der Waals surface area (Å²) in [6.07, 6.45) is 2.69. The van der Waals surface area contributed by atoms with Crippen LogP contribution in [0.15, 0.2) is 117 Å². The number of hydrogen-bond donors (Lipinski definition) is 0. The number of aliphatic imine (C=N–C) groups is 1. The molecule has 4 aromatic carbocycles. The van der Waals surface area contributed by atoms with Crippen LogP contribution in [0.5, 0.6) is 0 Å². The highest BCUT2D eigenvalue weighted by molar-refractivity contribution is 9.11. The van der Waals surface area contributed by atoms with Crippen molar-refractivity contribution in [2.45, 2.75) is 6.92 Å². The lowest BCUT2D eigenvalue weighted by atomic mass is 10.1. The average molecular weight is 647 g/mol. The van der Waals surface area contributed by atoms with Gasteiger partial charge in [-0.25, -0.2) is 5.06 Å². The molecular weight excluding hydrogens is 622 g/mol. The van der Waals surface area contributed by atoms with Crippen LogP contribution in [0.3, 0.4) is 0 Å². The van der Waals surface area contributed by atoms with Crippen molar-refractivity contribution in [1.29, 1.82) is 0 Å². The van der Waals surface area contributed by atoms with E-state index in [4.69, 9.17) is 9.57 Å². The number of nitrogens with zero attached hydrogens (tertiary/aromatic N) is 3. The second-order valence-corrected chi connectivity index (χ2v) is 10.4. The maximum atomic E-state index is 11.7. The molecule has 1 aliphatic rings. The van der Waals surface area contributed by atoms with Crippen molar-refractivity contribution in [3.05, 3.63) is 123 Å². The van der Waals surface area contributed by atoms with Gasteiger partial charge in [-0.2, -0.15) is 4.99 Å². The summed E-state index contributed by atoms with van der Waals surface area (Å²) < 4.78 is 7.59. The number of anilines is 3. The molecular formula is C31H25Br2N3O3. The van der Waals surface area contributed by atoms with E-state index in [9.17, 15) is 4.79 Å². The lowest BCUT2D eigenvalue weighted by Gasteiger charge is -2.29. The Bertz CT molecular complexity index is 1470. The molecule has 0 spiro atoms. The van der Waals surface area contributed by atoms with Crippen LogP contribution in [0.1, 0.15) is 22.8 Å². The van der Waals surface area contributed by atoms with Gasteiger partial charge >= 0.3 is 6.02 Å². The molecule has 0 amide bonds. The number of hydrogen-bond acceptors (Lipinski definition) is 5. The third-order valence-corrected chi connectivity index (χ3v) is 7.05. The van der Waals surface area contributed by atoms with Gasteiger partial charge < -0.3 is 9.64 Å². The Morgan fingerprint density at radius 2 is 1.51 bits per heavy atom. The predicted molar refractivity (Wildman–Crippen MR) is 163 cm³/mol. The number of amidine groups is 1. The van der Waals surface area contributed by atoms with Crippen molar-refractivity contribution < 1.29 is 14.4 Å². The molecule has 5 rings (SSSR count). The topological polar surface area (TPSA) is 54.4 Å².